The molecule has 0 aliphatic carbocycles. The molecule has 0 unspecified atom stereocenters. The summed E-state index contributed by atoms with van der Waals surface area (Å²) in [7, 11) is 0. The number of benzene rings is 1. The van der Waals surface area contributed by atoms with Gasteiger partial charge in [0.15, 0.2) is 5.78 Å². The Balaban J connectivity index is 0.00000108. The third kappa shape index (κ3) is 2.12. The minimum Gasteiger partial charge on any atom is -0.316 e. The Labute approximate surface area is 123 Å². The minimum absolute atomic E-state index is 0. The average molecular weight is 299 g/mol. The Morgan fingerprint density at radius 3 is 2.71 bits per heavy atom. The predicted octanol–water partition coefficient (Wildman–Crippen LogP) is 1.29. The maximum atomic E-state index is 4.08. The molecule has 0 bridgehead atoms. The number of tetrazole rings is 1. The molecule has 3 rings (SSSR count). The van der Waals surface area contributed by atoms with Crippen LogP contribution in [0.15, 0.2) is 30.3 Å². The van der Waals surface area contributed by atoms with Crippen molar-refractivity contribution in [3.8, 4) is 11.1 Å². The van der Waals surface area contributed by atoms with E-state index in [4.69, 9.17) is 0 Å². The zero-order chi connectivity index (χ0) is 11.0. The fraction of sp³-hybridized carbons (Fsp3) is 0.0909. The van der Waals surface area contributed by atoms with Crippen LogP contribution in [0.1, 0.15) is 5.69 Å². The molecule has 0 atom stereocenters. The molecule has 0 saturated carbocycles. The minimum atomic E-state index is 0. The van der Waals surface area contributed by atoms with Crippen LogP contribution >= 0.6 is 0 Å². The number of hydrogen-bond donors (Lipinski definition) is 0. The molecule has 81 valence electrons. The molecular formula is C11H8N5Y-. The van der Waals surface area contributed by atoms with E-state index >= 15 is 0 Å². The van der Waals surface area contributed by atoms with Gasteiger partial charge < -0.3 is 4.98 Å². The number of aromatic nitrogens is 5. The second kappa shape index (κ2) is 4.98. The summed E-state index contributed by atoms with van der Waals surface area (Å²) in [4.78, 5) is 4.08. The molecule has 0 aliphatic rings. The fourth-order valence-corrected chi connectivity index (χ4v) is 1.64. The Kier molecular flexibility index (Phi) is 3.59. The van der Waals surface area contributed by atoms with Gasteiger partial charge in [-0.15, -0.1) is 10.7 Å². The molecule has 0 aliphatic heterocycles. The van der Waals surface area contributed by atoms with Crippen molar-refractivity contribution in [2.24, 2.45) is 0 Å². The van der Waals surface area contributed by atoms with E-state index in [9.17, 15) is 0 Å². The van der Waals surface area contributed by atoms with Crippen LogP contribution in [0.3, 0.4) is 0 Å². The number of nitrogens with zero attached hydrogens (tertiary/aromatic N) is 5. The molecule has 2 heterocycles. The molecule has 1 aromatic carbocycles. The molecule has 0 N–H and O–H groups in total. The SMILES string of the molecule is Cc1c(-c2ccccc2)[c-]nc2nnnn12.[Y]. The Bertz CT molecular complexity index is 635. The first kappa shape index (κ1) is 12.3. The first-order valence-electron chi connectivity index (χ1n) is 4.88. The van der Waals surface area contributed by atoms with Gasteiger partial charge in [-0.25, -0.2) is 0 Å². The van der Waals surface area contributed by atoms with E-state index in [2.05, 4.69) is 26.7 Å². The molecule has 1 radical (unpaired) electrons. The predicted molar refractivity (Wildman–Crippen MR) is 57.6 cm³/mol. The van der Waals surface area contributed by atoms with Crippen molar-refractivity contribution in [1.82, 2.24) is 25.0 Å². The van der Waals surface area contributed by atoms with E-state index in [0.717, 1.165) is 16.8 Å². The van der Waals surface area contributed by atoms with Gasteiger partial charge in [0, 0.05) is 32.7 Å². The van der Waals surface area contributed by atoms with Gasteiger partial charge in [0.1, 0.15) is 0 Å². The number of hydrogen-bond acceptors (Lipinski definition) is 4. The topological polar surface area (TPSA) is 56.0 Å². The van der Waals surface area contributed by atoms with Crippen LogP contribution in [-0.2, 0) is 32.7 Å². The molecule has 6 heteroatoms. The largest absolute Gasteiger partial charge is 0.316 e. The van der Waals surface area contributed by atoms with Crippen LogP contribution in [-0.4, -0.2) is 25.0 Å². The summed E-state index contributed by atoms with van der Waals surface area (Å²) in [6, 6.07) is 9.95. The number of aryl methyl sites for hydroxylation is 1. The third-order valence-electron chi connectivity index (χ3n) is 2.46. The van der Waals surface area contributed by atoms with Crippen LogP contribution in [0.5, 0.6) is 0 Å². The molecule has 0 spiro atoms. The summed E-state index contributed by atoms with van der Waals surface area (Å²) in [5, 5.41) is 11.2. The Morgan fingerprint density at radius 1 is 1.18 bits per heavy atom. The van der Waals surface area contributed by atoms with Crippen LogP contribution in [0.4, 0.5) is 0 Å². The van der Waals surface area contributed by atoms with Crippen molar-refractivity contribution in [2.75, 3.05) is 0 Å². The summed E-state index contributed by atoms with van der Waals surface area (Å²) in [6.07, 6.45) is 2.97. The number of fused-ring (bicyclic) bond motifs is 1. The van der Waals surface area contributed by atoms with Crippen molar-refractivity contribution < 1.29 is 32.7 Å². The van der Waals surface area contributed by atoms with Gasteiger partial charge in [-0.05, 0) is 17.1 Å². The molecule has 0 fully saturated rings. The maximum Gasteiger partial charge on any atom is 0.188 e. The smallest absolute Gasteiger partial charge is 0.188 e. The molecule has 17 heavy (non-hydrogen) atoms. The summed E-state index contributed by atoms with van der Waals surface area (Å²) in [5.74, 6) is 0.470. The van der Waals surface area contributed by atoms with E-state index in [1.165, 1.54) is 0 Å². The quantitative estimate of drug-likeness (QED) is 0.635. The first-order valence-corrected chi connectivity index (χ1v) is 4.88. The molecule has 0 saturated heterocycles. The van der Waals surface area contributed by atoms with Gasteiger partial charge in [-0.3, -0.25) is 4.52 Å². The van der Waals surface area contributed by atoms with Gasteiger partial charge in [-0.1, -0.05) is 48.0 Å². The van der Waals surface area contributed by atoms with Crippen LogP contribution in [0.25, 0.3) is 16.9 Å². The Morgan fingerprint density at radius 2 is 1.94 bits per heavy atom. The molecule has 2 aromatic heterocycles. The zero-order valence-electron chi connectivity index (χ0n) is 9.20. The normalized spacial score (nSPS) is 10.2. The fourth-order valence-electron chi connectivity index (χ4n) is 1.64. The van der Waals surface area contributed by atoms with Gasteiger partial charge in [0.25, 0.3) is 0 Å². The molecule has 5 nitrogen and oxygen atoms in total. The van der Waals surface area contributed by atoms with E-state index < -0.39 is 0 Å². The van der Waals surface area contributed by atoms with E-state index in [-0.39, 0.29) is 32.7 Å². The van der Waals surface area contributed by atoms with Crippen molar-refractivity contribution in [1.29, 1.82) is 0 Å². The summed E-state index contributed by atoms with van der Waals surface area (Å²) < 4.78 is 1.61. The van der Waals surface area contributed by atoms with Crippen LogP contribution < -0.4 is 0 Å². The van der Waals surface area contributed by atoms with Crippen molar-refractivity contribution in [3.05, 3.63) is 42.2 Å². The van der Waals surface area contributed by atoms with E-state index in [0.29, 0.717) is 5.78 Å². The average Bonchev–Trinajstić information content (AvgIpc) is 2.80. The van der Waals surface area contributed by atoms with Gasteiger partial charge in [0.05, 0.1) is 0 Å². The van der Waals surface area contributed by atoms with E-state index in [1.54, 1.807) is 4.52 Å². The van der Waals surface area contributed by atoms with E-state index in [1.807, 2.05) is 37.3 Å². The first-order chi connectivity index (χ1) is 7.86. The van der Waals surface area contributed by atoms with Crippen molar-refractivity contribution in [2.45, 2.75) is 6.92 Å². The maximum absolute atomic E-state index is 4.08. The van der Waals surface area contributed by atoms with Gasteiger partial charge >= 0.3 is 0 Å². The molecule has 3 aromatic rings. The Hall–Kier alpha value is -1.20. The summed E-state index contributed by atoms with van der Waals surface area (Å²) in [5.41, 5.74) is 2.91. The zero-order valence-corrected chi connectivity index (χ0v) is 12.0. The van der Waals surface area contributed by atoms with Crippen LogP contribution in [0, 0.1) is 13.1 Å². The van der Waals surface area contributed by atoms with Crippen LogP contribution in [0.2, 0.25) is 0 Å². The standard InChI is InChI=1S/C11H8N5.Y/c1-8-10(9-5-3-2-4-6-9)7-12-11-13-14-15-16(8)11;/h2-6H,1H3;/q-1;. The molecular weight excluding hydrogens is 291 g/mol. The third-order valence-corrected chi connectivity index (χ3v) is 2.46. The second-order valence-corrected chi connectivity index (χ2v) is 3.44. The number of rotatable bonds is 1. The molecule has 0 amide bonds. The summed E-state index contributed by atoms with van der Waals surface area (Å²) in [6.45, 7) is 1.95. The second-order valence-electron chi connectivity index (χ2n) is 3.44. The van der Waals surface area contributed by atoms with Crippen molar-refractivity contribution >= 4 is 5.78 Å². The summed E-state index contributed by atoms with van der Waals surface area (Å²) >= 11 is 0. The van der Waals surface area contributed by atoms with Crippen molar-refractivity contribution in [3.63, 3.8) is 0 Å². The van der Waals surface area contributed by atoms with Gasteiger partial charge in [-0.2, -0.15) is 0 Å². The van der Waals surface area contributed by atoms with Gasteiger partial charge in [0.2, 0.25) is 0 Å². The monoisotopic (exact) mass is 299 g/mol.